The van der Waals surface area contributed by atoms with Crippen LogP contribution in [0, 0.1) is 0 Å². The fourth-order valence-corrected chi connectivity index (χ4v) is 2.72. The van der Waals surface area contributed by atoms with Crippen molar-refractivity contribution >= 4 is 23.2 Å². The van der Waals surface area contributed by atoms with E-state index in [0.29, 0.717) is 30.0 Å². The van der Waals surface area contributed by atoms with Crippen LogP contribution in [0.1, 0.15) is 29.3 Å². The average molecular weight is 388 g/mol. The molecule has 5 heteroatoms. The van der Waals surface area contributed by atoms with Gasteiger partial charge in [-0.3, -0.25) is 9.59 Å². The van der Waals surface area contributed by atoms with Crippen molar-refractivity contribution in [1.82, 2.24) is 0 Å². The number of hydrogen-bond acceptors (Lipinski definition) is 3. The molecule has 29 heavy (non-hydrogen) atoms. The normalized spacial score (nSPS) is 10.2. The molecule has 0 unspecified atom stereocenters. The van der Waals surface area contributed by atoms with E-state index in [1.165, 1.54) is 5.56 Å². The smallest absolute Gasteiger partial charge is 0.255 e. The molecular formula is C24H24N2O3. The van der Waals surface area contributed by atoms with Gasteiger partial charge in [0.2, 0.25) is 5.91 Å². The van der Waals surface area contributed by atoms with Crippen LogP contribution in [-0.2, 0) is 11.2 Å². The summed E-state index contributed by atoms with van der Waals surface area (Å²) in [4.78, 5) is 23.8. The van der Waals surface area contributed by atoms with Crippen molar-refractivity contribution in [3.05, 3.63) is 90.0 Å². The summed E-state index contributed by atoms with van der Waals surface area (Å²) in [6.07, 6.45) is 1.25. The summed E-state index contributed by atoms with van der Waals surface area (Å²) in [5.74, 6) is 0.479. The van der Waals surface area contributed by atoms with E-state index in [4.69, 9.17) is 4.74 Å². The van der Waals surface area contributed by atoms with Crippen LogP contribution in [0.2, 0.25) is 0 Å². The predicted molar refractivity (Wildman–Crippen MR) is 115 cm³/mol. The molecule has 0 atom stereocenters. The predicted octanol–water partition coefficient (Wildman–Crippen LogP) is 4.91. The second-order valence-electron chi connectivity index (χ2n) is 6.54. The van der Waals surface area contributed by atoms with E-state index >= 15 is 0 Å². The molecule has 0 spiro atoms. The second kappa shape index (κ2) is 10.1. The van der Waals surface area contributed by atoms with Gasteiger partial charge in [0.05, 0.1) is 6.61 Å². The lowest BCUT2D eigenvalue weighted by atomic mass is 10.1. The summed E-state index contributed by atoms with van der Waals surface area (Å²) < 4.78 is 5.75. The first kappa shape index (κ1) is 20.1. The maximum atomic E-state index is 12.4. The van der Waals surface area contributed by atoms with E-state index in [1.807, 2.05) is 18.2 Å². The van der Waals surface area contributed by atoms with Gasteiger partial charge in [-0.05, 0) is 54.1 Å². The highest BCUT2D eigenvalue weighted by Gasteiger charge is 2.07. The highest BCUT2D eigenvalue weighted by Crippen LogP contribution is 2.17. The first-order valence-electron chi connectivity index (χ1n) is 9.62. The topological polar surface area (TPSA) is 67.4 Å². The fourth-order valence-electron chi connectivity index (χ4n) is 2.72. The lowest BCUT2D eigenvalue weighted by Crippen LogP contribution is -2.12. The molecule has 0 saturated carbocycles. The Morgan fingerprint density at radius 3 is 2.03 bits per heavy atom. The summed E-state index contributed by atoms with van der Waals surface area (Å²) in [6, 6.07) is 24.2. The average Bonchev–Trinajstić information content (AvgIpc) is 2.76. The quantitative estimate of drug-likeness (QED) is 0.576. The molecule has 0 fully saturated rings. The highest BCUT2D eigenvalue weighted by atomic mass is 16.5. The number of ether oxygens (including phenoxy) is 1. The Morgan fingerprint density at radius 2 is 1.41 bits per heavy atom. The first-order valence-corrected chi connectivity index (χ1v) is 9.62. The van der Waals surface area contributed by atoms with Gasteiger partial charge in [-0.15, -0.1) is 0 Å². The lowest BCUT2D eigenvalue weighted by molar-refractivity contribution is -0.115. The maximum absolute atomic E-state index is 12.4. The molecule has 0 saturated heterocycles. The van der Waals surface area contributed by atoms with E-state index in [0.717, 1.165) is 12.2 Å². The Balaban J connectivity index is 1.50. The number of nitrogens with one attached hydrogen (secondary N) is 2. The number of carbonyl (C=O) groups is 2. The van der Waals surface area contributed by atoms with Crippen LogP contribution in [-0.4, -0.2) is 18.4 Å². The molecule has 0 aliphatic heterocycles. The fraction of sp³-hybridized carbons (Fsp3) is 0.167. The minimum atomic E-state index is -0.203. The van der Waals surface area contributed by atoms with Crippen LogP contribution in [0.3, 0.4) is 0 Å². The van der Waals surface area contributed by atoms with Crippen molar-refractivity contribution < 1.29 is 14.3 Å². The number of hydrogen-bond donors (Lipinski definition) is 2. The van der Waals surface area contributed by atoms with Crippen LogP contribution < -0.4 is 15.4 Å². The minimum absolute atomic E-state index is 0.0483. The molecule has 0 aliphatic rings. The van der Waals surface area contributed by atoms with Crippen molar-refractivity contribution in [3.63, 3.8) is 0 Å². The number of anilines is 2. The molecule has 3 aromatic carbocycles. The molecular weight excluding hydrogens is 364 g/mol. The molecule has 3 rings (SSSR count). The summed E-state index contributed by atoms with van der Waals surface area (Å²) in [6.45, 7) is 2.38. The third-order valence-electron chi connectivity index (χ3n) is 4.37. The molecule has 0 bridgehead atoms. The summed E-state index contributed by atoms with van der Waals surface area (Å²) >= 11 is 0. The SMILES string of the molecule is CCC(=O)Nc1ccc(NC(=O)c2ccc(OCCc3ccccc3)cc2)cc1. The van der Waals surface area contributed by atoms with Gasteiger partial charge in [0.15, 0.2) is 0 Å². The third kappa shape index (κ3) is 6.21. The van der Waals surface area contributed by atoms with Crippen molar-refractivity contribution in [3.8, 4) is 5.75 Å². The van der Waals surface area contributed by atoms with Crippen LogP contribution >= 0.6 is 0 Å². The molecule has 0 radical (unpaired) electrons. The largest absolute Gasteiger partial charge is 0.493 e. The maximum Gasteiger partial charge on any atom is 0.255 e. The first-order chi connectivity index (χ1) is 14.1. The van der Waals surface area contributed by atoms with Gasteiger partial charge in [-0.25, -0.2) is 0 Å². The Hall–Kier alpha value is -3.60. The second-order valence-corrected chi connectivity index (χ2v) is 6.54. The van der Waals surface area contributed by atoms with E-state index in [2.05, 4.69) is 22.8 Å². The lowest BCUT2D eigenvalue weighted by Gasteiger charge is -2.09. The van der Waals surface area contributed by atoms with E-state index in [1.54, 1.807) is 55.5 Å². The number of rotatable bonds is 8. The Kier molecular flexibility index (Phi) is 7.00. The monoisotopic (exact) mass is 388 g/mol. The Bertz CT molecular complexity index is 936. The summed E-state index contributed by atoms with van der Waals surface area (Å²) in [5.41, 5.74) is 3.13. The van der Waals surface area contributed by atoms with Gasteiger partial charge in [-0.2, -0.15) is 0 Å². The minimum Gasteiger partial charge on any atom is -0.493 e. The Labute approximate surface area is 170 Å². The van der Waals surface area contributed by atoms with Crippen molar-refractivity contribution in [2.75, 3.05) is 17.2 Å². The van der Waals surface area contributed by atoms with E-state index in [-0.39, 0.29) is 11.8 Å². The molecule has 3 aromatic rings. The summed E-state index contributed by atoms with van der Waals surface area (Å²) in [7, 11) is 0. The zero-order valence-electron chi connectivity index (χ0n) is 16.4. The zero-order valence-corrected chi connectivity index (χ0v) is 16.4. The highest BCUT2D eigenvalue weighted by molar-refractivity contribution is 6.04. The van der Waals surface area contributed by atoms with Crippen molar-refractivity contribution in [2.24, 2.45) is 0 Å². The molecule has 0 aromatic heterocycles. The van der Waals surface area contributed by atoms with Gasteiger partial charge < -0.3 is 15.4 Å². The van der Waals surface area contributed by atoms with Gasteiger partial charge in [0.1, 0.15) is 5.75 Å². The molecule has 0 heterocycles. The third-order valence-corrected chi connectivity index (χ3v) is 4.37. The molecule has 0 aliphatic carbocycles. The van der Waals surface area contributed by atoms with Crippen LogP contribution in [0.25, 0.3) is 0 Å². The summed E-state index contributed by atoms with van der Waals surface area (Å²) in [5, 5.41) is 5.62. The van der Waals surface area contributed by atoms with E-state index < -0.39 is 0 Å². The zero-order chi connectivity index (χ0) is 20.5. The van der Waals surface area contributed by atoms with Crippen LogP contribution in [0.15, 0.2) is 78.9 Å². The van der Waals surface area contributed by atoms with Gasteiger partial charge in [0, 0.05) is 29.8 Å². The molecule has 2 amide bonds. The number of amides is 2. The van der Waals surface area contributed by atoms with Crippen LogP contribution in [0.5, 0.6) is 5.75 Å². The van der Waals surface area contributed by atoms with Gasteiger partial charge in [-0.1, -0.05) is 37.3 Å². The standard InChI is InChI=1S/C24H24N2O3/c1-2-23(27)25-20-10-12-21(13-11-20)26-24(28)19-8-14-22(15-9-19)29-17-16-18-6-4-3-5-7-18/h3-15H,2,16-17H2,1H3,(H,25,27)(H,26,28). The number of carbonyl (C=O) groups excluding carboxylic acids is 2. The van der Waals surface area contributed by atoms with Gasteiger partial charge >= 0.3 is 0 Å². The molecule has 5 nitrogen and oxygen atoms in total. The Morgan fingerprint density at radius 1 is 0.793 bits per heavy atom. The van der Waals surface area contributed by atoms with Crippen molar-refractivity contribution in [2.45, 2.75) is 19.8 Å². The number of benzene rings is 3. The van der Waals surface area contributed by atoms with Crippen LogP contribution in [0.4, 0.5) is 11.4 Å². The van der Waals surface area contributed by atoms with Gasteiger partial charge in [0.25, 0.3) is 5.91 Å². The van der Waals surface area contributed by atoms with Crippen molar-refractivity contribution in [1.29, 1.82) is 0 Å². The molecule has 148 valence electrons. The molecule has 2 N–H and O–H groups in total. The van der Waals surface area contributed by atoms with E-state index in [9.17, 15) is 9.59 Å².